The Hall–Kier alpha value is -1.63. The topological polar surface area (TPSA) is 64.7 Å². The molecule has 6 nitrogen and oxygen atoms in total. The molecule has 0 spiro atoms. The highest BCUT2D eigenvalue weighted by atomic mass is 79.9. The Morgan fingerprint density at radius 2 is 2.28 bits per heavy atom. The Morgan fingerprint density at radius 3 is 2.89 bits per heavy atom. The SMILES string of the molecule is CCn1ncc(NCc2ccn(C)n2)c(Br)c1=O. The van der Waals surface area contributed by atoms with Gasteiger partial charge in [-0.25, -0.2) is 4.68 Å². The summed E-state index contributed by atoms with van der Waals surface area (Å²) >= 11 is 3.29. The van der Waals surface area contributed by atoms with Crippen molar-refractivity contribution >= 4 is 21.6 Å². The smallest absolute Gasteiger partial charge is 0.283 e. The van der Waals surface area contributed by atoms with E-state index in [1.54, 1.807) is 10.9 Å². The molecule has 2 aromatic rings. The normalized spacial score (nSPS) is 10.6. The molecule has 2 rings (SSSR count). The number of hydrogen-bond donors (Lipinski definition) is 1. The van der Waals surface area contributed by atoms with E-state index in [-0.39, 0.29) is 5.56 Å². The molecule has 0 atom stereocenters. The number of halogens is 1. The van der Waals surface area contributed by atoms with Crippen LogP contribution in [0.25, 0.3) is 0 Å². The van der Waals surface area contributed by atoms with Crippen LogP contribution in [-0.2, 0) is 20.1 Å². The molecule has 18 heavy (non-hydrogen) atoms. The molecule has 0 aliphatic rings. The van der Waals surface area contributed by atoms with Crippen molar-refractivity contribution in [2.45, 2.75) is 20.0 Å². The van der Waals surface area contributed by atoms with Gasteiger partial charge in [0.1, 0.15) is 4.47 Å². The predicted octanol–water partition coefficient (Wildman–Crippen LogP) is 1.37. The fourth-order valence-electron chi connectivity index (χ4n) is 1.56. The highest BCUT2D eigenvalue weighted by Crippen LogP contribution is 2.16. The lowest BCUT2D eigenvalue weighted by Gasteiger charge is -2.08. The van der Waals surface area contributed by atoms with Crippen LogP contribution in [0.2, 0.25) is 0 Å². The Morgan fingerprint density at radius 1 is 1.50 bits per heavy atom. The number of aryl methyl sites for hydroxylation is 2. The van der Waals surface area contributed by atoms with E-state index >= 15 is 0 Å². The second-order valence-corrected chi connectivity index (χ2v) is 4.62. The Kier molecular flexibility index (Phi) is 3.81. The minimum Gasteiger partial charge on any atom is -0.377 e. The number of nitrogens with zero attached hydrogens (tertiary/aromatic N) is 4. The Balaban J connectivity index is 2.15. The average Bonchev–Trinajstić information content (AvgIpc) is 2.77. The monoisotopic (exact) mass is 311 g/mol. The molecule has 0 saturated heterocycles. The van der Waals surface area contributed by atoms with Crippen LogP contribution in [-0.4, -0.2) is 19.6 Å². The summed E-state index contributed by atoms with van der Waals surface area (Å²) in [7, 11) is 1.86. The maximum Gasteiger partial charge on any atom is 0.283 e. The number of hydrogen-bond acceptors (Lipinski definition) is 4. The molecule has 0 aromatic carbocycles. The first kappa shape index (κ1) is 12.8. The van der Waals surface area contributed by atoms with Crippen LogP contribution in [0.4, 0.5) is 5.69 Å². The minimum atomic E-state index is -0.136. The molecule has 1 N–H and O–H groups in total. The second-order valence-electron chi connectivity index (χ2n) is 3.83. The summed E-state index contributed by atoms with van der Waals surface area (Å²) in [5.74, 6) is 0. The number of aromatic nitrogens is 4. The number of rotatable bonds is 4. The van der Waals surface area contributed by atoms with Gasteiger partial charge in [0.05, 0.1) is 24.1 Å². The first-order chi connectivity index (χ1) is 8.61. The molecule has 2 heterocycles. The third-order valence-electron chi connectivity index (χ3n) is 2.51. The van der Waals surface area contributed by atoms with E-state index in [2.05, 4.69) is 31.4 Å². The van der Waals surface area contributed by atoms with Crippen LogP contribution < -0.4 is 10.9 Å². The fourth-order valence-corrected chi connectivity index (χ4v) is 2.00. The van der Waals surface area contributed by atoms with Gasteiger partial charge in [0.25, 0.3) is 5.56 Å². The molecule has 0 aliphatic heterocycles. The van der Waals surface area contributed by atoms with E-state index < -0.39 is 0 Å². The molecule has 0 fully saturated rings. The molecule has 0 unspecified atom stereocenters. The van der Waals surface area contributed by atoms with E-state index in [0.29, 0.717) is 23.2 Å². The highest BCUT2D eigenvalue weighted by molar-refractivity contribution is 9.10. The standard InChI is InChI=1S/C11H14BrN5O/c1-3-17-11(18)10(12)9(7-14-17)13-6-8-4-5-16(2)15-8/h4-5,7,13H,3,6H2,1-2H3. The summed E-state index contributed by atoms with van der Waals surface area (Å²) in [6.45, 7) is 2.98. The van der Waals surface area contributed by atoms with Gasteiger partial charge in [-0.15, -0.1) is 0 Å². The van der Waals surface area contributed by atoms with Crippen molar-refractivity contribution in [2.75, 3.05) is 5.32 Å². The number of nitrogens with one attached hydrogen (secondary N) is 1. The van der Waals surface area contributed by atoms with Gasteiger partial charge in [0.15, 0.2) is 0 Å². The summed E-state index contributed by atoms with van der Waals surface area (Å²) < 4.78 is 3.63. The van der Waals surface area contributed by atoms with Gasteiger partial charge >= 0.3 is 0 Å². The molecule has 96 valence electrons. The van der Waals surface area contributed by atoms with Gasteiger partial charge in [0.2, 0.25) is 0 Å². The Labute approximate surface area is 113 Å². The van der Waals surface area contributed by atoms with E-state index in [4.69, 9.17) is 0 Å². The van der Waals surface area contributed by atoms with E-state index in [0.717, 1.165) is 5.69 Å². The lowest BCUT2D eigenvalue weighted by molar-refractivity contribution is 0.612. The summed E-state index contributed by atoms with van der Waals surface area (Å²) in [5.41, 5.74) is 1.45. The summed E-state index contributed by atoms with van der Waals surface area (Å²) in [5, 5.41) is 11.4. The number of anilines is 1. The van der Waals surface area contributed by atoms with Crippen molar-refractivity contribution in [2.24, 2.45) is 7.05 Å². The van der Waals surface area contributed by atoms with Crippen molar-refractivity contribution in [1.29, 1.82) is 0 Å². The molecular weight excluding hydrogens is 298 g/mol. The molecule has 0 radical (unpaired) electrons. The molecule has 0 amide bonds. The van der Waals surface area contributed by atoms with Crippen molar-refractivity contribution in [1.82, 2.24) is 19.6 Å². The van der Waals surface area contributed by atoms with Crippen LogP contribution in [0, 0.1) is 0 Å². The van der Waals surface area contributed by atoms with E-state index in [1.807, 2.05) is 26.2 Å². The average molecular weight is 312 g/mol. The second kappa shape index (κ2) is 5.34. The minimum absolute atomic E-state index is 0.136. The predicted molar refractivity (Wildman–Crippen MR) is 72.4 cm³/mol. The third-order valence-corrected chi connectivity index (χ3v) is 3.28. The van der Waals surface area contributed by atoms with Gasteiger partial charge < -0.3 is 5.32 Å². The zero-order chi connectivity index (χ0) is 13.1. The largest absolute Gasteiger partial charge is 0.377 e. The highest BCUT2D eigenvalue weighted by Gasteiger charge is 2.07. The molecule has 0 bridgehead atoms. The molecular formula is C11H14BrN5O. The van der Waals surface area contributed by atoms with Gasteiger partial charge in [-0.05, 0) is 28.9 Å². The molecule has 0 aliphatic carbocycles. The van der Waals surface area contributed by atoms with Crippen LogP contribution in [0.1, 0.15) is 12.6 Å². The molecule has 0 saturated carbocycles. The quantitative estimate of drug-likeness (QED) is 0.926. The van der Waals surface area contributed by atoms with Gasteiger partial charge in [0, 0.05) is 19.8 Å². The van der Waals surface area contributed by atoms with Crippen LogP contribution in [0.3, 0.4) is 0 Å². The zero-order valence-corrected chi connectivity index (χ0v) is 11.8. The van der Waals surface area contributed by atoms with Crippen LogP contribution in [0.15, 0.2) is 27.7 Å². The van der Waals surface area contributed by atoms with Crippen molar-refractivity contribution in [3.05, 3.63) is 39.0 Å². The summed E-state index contributed by atoms with van der Waals surface area (Å²) in [6, 6.07) is 1.92. The molecule has 7 heteroatoms. The lowest BCUT2D eigenvalue weighted by atomic mass is 10.4. The maximum atomic E-state index is 11.8. The first-order valence-corrected chi connectivity index (χ1v) is 6.39. The van der Waals surface area contributed by atoms with Gasteiger partial charge in [-0.2, -0.15) is 10.2 Å². The van der Waals surface area contributed by atoms with E-state index in [1.165, 1.54) is 4.68 Å². The summed E-state index contributed by atoms with van der Waals surface area (Å²) in [4.78, 5) is 11.8. The zero-order valence-electron chi connectivity index (χ0n) is 10.2. The van der Waals surface area contributed by atoms with Crippen molar-refractivity contribution < 1.29 is 0 Å². The van der Waals surface area contributed by atoms with Crippen molar-refractivity contribution in [3.8, 4) is 0 Å². The van der Waals surface area contributed by atoms with E-state index in [9.17, 15) is 4.79 Å². The summed E-state index contributed by atoms with van der Waals surface area (Å²) in [6.07, 6.45) is 3.51. The van der Waals surface area contributed by atoms with Gasteiger partial charge in [-0.1, -0.05) is 0 Å². The van der Waals surface area contributed by atoms with Gasteiger partial charge in [-0.3, -0.25) is 9.48 Å². The first-order valence-electron chi connectivity index (χ1n) is 5.60. The van der Waals surface area contributed by atoms with Crippen LogP contribution in [0.5, 0.6) is 0 Å². The third kappa shape index (κ3) is 2.61. The van der Waals surface area contributed by atoms with Crippen molar-refractivity contribution in [3.63, 3.8) is 0 Å². The lowest BCUT2D eigenvalue weighted by Crippen LogP contribution is -2.23. The van der Waals surface area contributed by atoms with Crippen LogP contribution >= 0.6 is 15.9 Å². The fraction of sp³-hybridized carbons (Fsp3) is 0.364. The Bertz CT molecular complexity index is 604. The maximum absolute atomic E-state index is 11.8. The molecule has 2 aromatic heterocycles.